The zero-order valence-electron chi connectivity index (χ0n) is 11.0. The van der Waals surface area contributed by atoms with Crippen LogP contribution in [0.5, 0.6) is 0 Å². The van der Waals surface area contributed by atoms with E-state index in [1.165, 1.54) is 0 Å². The van der Waals surface area contributed by atoms with Gasteiger partial charge in [0.05, 0.1) is 5.02 Å². The normalized spacial score (nSPS) is 13.5. The van der Waals surface area contributed by atoms with Gasteiger partial charge in [0.25, 0.3) is 0 Å². The highest BCUT2D eigenvalue weighted by atomic mass is 79.9. The first kappa shape index (κ1) is 14.3. The summed E-state index contributed by atoms with van der Waals surface area (Å²) < 4.78 is 0.695. The molecule has 1 heterocycles. The lowest BCUT2D eigenvalue weighted by atomic mass is 9.96. The van der Waals surface area contributed by atoms with Gasteiger partial charge in [0, 0.05) is 27.7 Å². The van der Waals surface area contributed by atoms with Crippen molar-refractivity contribution in [3.8, 4) is 0 Å². The number of hydrogen-bond donors (Lipinski definition) is 1. The summed E-state index contributed by atoms with van der Waals surface area (Å²) in [6.07, 6.45) is 1.09. The van der Waals surface area contributed by atoms with Crippen LogP contribution in [0.3, 0.4) is 0 Å². The number of benzene rings is 2. The molecule has 0 bridgehead atoms. The zero-order chi connectivity index (χ0) is 15.0. The van der Waals surface area contributed by atoms with Crippen LogP contribution < -0.4 is 5.32 Å². The lowest BCUT2D eigenvalue weighted by Crippen LogP contribution is -2.19. The van der Waals surface area contributed by atoms with Crippen molar-refractivity contribution in [3.05, 3.63) is 62.6 Å². The fourth-order valence-electron chi connectivity index (χ4n) is 2.36. The van der Waals surface area contributed by atoms with Gasteiger partial charge >= 0.3 is 0 Å². The van der Waals surface area contributed by atoms with Crippen LogP contribution in [0, 0.1) is 0 Å². The van der Waals surface area contributed by atoms with Crippen LogP contribution in [0.4, 0.5) is 5.69 Å². The van der Waals surface area contributed by atoms with Crippen LogP contribution in [0.25, 0.3) is 0 Å². The minimum atomic E-state index is -0.124. The molecule has 0 aromatic heterocycles. The average Bonchev–Trinajstić information content (AvgIpc) is 2.49. The Labute approximate surface area is 135 Å². The lowest BCUT2D eigenvalue weighted by Gasteiger charge is -2.17. The van der Waals surface area contributed by atoms with Crippen LogP contribution in [0.1, 0.15) is 27.9 Å². The second-order valence-corrected chi connectivity index (χ2v) is 6.08. The van der Waals surface area contributed by atoms with Crippen molar-refractivity contribution >= 4 is 44.9 Å². The molecule has 3 rings (SSSR count). The number of nitrogens with one attached hydrogen (secondary N) is 1. The number of anilines is 1. The molecule has 1 N–H and O–H groups in total. The van der Waals surface area contributed by atoms with Gasteiger partial charge in [-0.05, 0) is 58.2 Å². The molecule has 5 heteroatoms. The molecule has 0 saturated heterocycles. The van der Waals surface area contributed by atoms with Gasteiger partial charge < -0.3 is 5.32 Å². The molecule has 2 aromatic rings. The van der Waals surface area contributed by atoms with Crippen LogP contribution in [-0.4, -0.2) is 11.7 Å². The van der Waals surface area contributed by atoms with Gasteiger partial charge in [0.15, 0.2) is 5.78 Å². The van der Waals surface area contributed by atoms with Crippen molar-refractivity contribution in [2.75, 3.05) is 5.32 Å². The van der Waals surface area contributed by atoms with Crippen molar-refractivity contribution < 1.29 is 9.59 Å². The molecule has 1 aliphatic rings. The maximum Gasteiger partial charge on any atom is 0.224 e. The highest BCUT2D eigenvalue weighted by Crippen LogP contribution is 2.29. The number of ketones is 1. The minimum Gasteiger partial charge on any atom is -0.326 e. The van der Waals surface area contributed by atoms with E-state index in [9.17, 15) is 9.59 Å². The predicted molar refractivity (Wildman–Crippen MR) is 86.0 cm³/mol. The Morgan fingerprint density at radius 1 is 1.19 bits per heavy atom. The van der Waals surface area contributed by atoms with Crippen molar-refractivity contribution in [1.82, 2.24) is 0 Å². The SMILES string of the molecule is O=C1CCc2cc(C(=O)c3cccc(Br)c3Cl)ccc2N1. The average molecular weight is 365 g/mol. The Kier molecular flexibility index (Phi) is 3.83. The highest BCUT2D eigenvalue weighted by molar-refractivity contribution is 9.10. The molecule has 21 heavy (non-hydrogen) atoms. The predicted octanol–water partition coefficient (Wildman–Crippen LogP) is 4.22. The highest BCUT2D eigenvalue weighted by Gasteiger charge is 2.19. The number of aryl methyl sites for hydroxylation is 1. The second-order valence-electron chi connectivity index (χ2n) is 4.85. The van der Waals surface area contributed by atoms with Gasteiger partial charge in [-0.3, -0.25) is 9.59 Å². The Bertz CT molecular complexity index is 758. The van der Waals surface area contributed by atoms with Crippen molar-refractivity contribution in [2.24, 2.45) is 0 Å². The summed E-state index contributed by atoms with van der Waals surface area (Å²) in [5.74, 6) is -0.113. The Balaban J connectivity index is 1.99. The van der Waals surface area contributed by atoms with Crippen LogP contribution >= 0.6 is 27.5 Å². The Hall–Kier alpha value is -1.65. The van der Waals surface area contributed by atoms with Crippen LogP contribution in [0.2, 0.25) is 5.02 Å². The largest absolute Gasteiger partial charge is 0.326 e. The molecule has 0 atom stereocenters. The third kappa shape index (κ3) is 2.74. The maximum atomic E-state index is 12.6. The molecule has 0 fully saturated rings. The molecular weight excluding hydrogens is 354 g/mol. The summed E-state index contributed by atoms with van der Waals surface area (Å²) >= 11 is 9.50. The molecule has 106 valence electrons. The first-order valence-electron chi connectivity index (χ1n) is 6.48. The van der Waals surface area contributed by atoms with Gasteiger partial charge in [-0.2, -0.15) is 0 Å². The molecule has 0 spiro atoms. The third-order valence-electron chi connectivity index (χ3n) is 3.46. The molecule has 1 aliphatic heterocycles. The van der Waals surface area contributed by atoms with Crippen molar-refractivity contribution in [1.29, 1.82) is 0 Å². The van der Waals surface area contributed by atoms with E-state index in [1.54, 1.807) is 30.3 Å². The summed E-state index contributed by atoms with van der Waals surface area (Å²) in [4.78, 5) is 23.9. The fourth-order valence-corrected chi connectivity index (χ4v) is 2.94. The first-order chi connectivity index (χ1) is 10.1. The van der Waals surface area contributed by atoms with Crippen LogP contribution in [0.15, 0.2) is 40.9 Å². The Morgan fingerprint density at radius 2 is 2.00 bits per heavy atom. The monoisotopic (exact) mass is 363 g/mol. The molecule has 3 nitrogen and oxygen atoms in total. The van der Waals surface area contributed by atoms with Crippen molar-refractivity contribution in [2.45, 2.75) is 12.8 Å². The van der Waals surface area contributed by atoms with Gasteiger partial charge in [-0.25, -0.2) is 0 Å². The zero-order valence-corrected chi connectivity index (χ0v) is 13.3. The fraction of sp³-hybridized carbons (Fsp3) is 0.125. The van der Waals surface area contributed by atoms with E-state index in [0.717, 1.165) is 11.3 Å². The maximum absolute atomic E-state index is 12.6. The van der Waals surface area contributed by atoms with Gasteiger partial charge in [0.1, 0.15) is 0 Å². The number of fused-ring (bicyclic) bond motifs is 1. The Morgan fingerprint density at radius 3 is 2.81 bits per heavy atom. The molecule has 1 amide bonds. The molecule has 2 aromatic carbocycles. The van der Waals surface area contributed by atoms with Gasteiger partial charge in [-0.1, -0.05) is 17.7 Å². The summed E-state index contributed by atoms with van der Waals surface area (Å²) in [6.45, 7) is 0. The van der Waals surface area contributed by atoms with E-state index in [1.807, 2.05) is 6.07 Å². The van der Waals surface area contributed by atoms with E-state index in [2.05, 4.69) is 21.2 Å². The van der Waals surface area contributed by atoms with E-state index in [-0.39, 0.29) is 11.7 Å². The smallest absolute Gasteiger partial charge is 0.224 e. The number of carbonyl (C=O) groups is 2. The summed E-state index contributed by atoms with van der Waals surface area (Å²) in [5.41, 5.74) is 2.80. The van der Waals surface area contributed by atoms with Crippen LogP contribution in [-0.2, 0) is 11.2 Å². The summed E-state index contributed by atoms with van der Waals surface area (Å²) in [5, 5.41) is 3.21. The number of hydrogen-bond acceptors (Lipinski definition) is 2. The van der Waals surface area contributed by atoms with E-state index in [4.69, 9.17) is 11.6 Å². The number of amides is 1. The molecule has 0 radical (unpaired) electrons. The van der Waals surface area contributed by atoms with Gasteiger partial charge in [0.2, 0.25) is 5.91 Å². The standard InChI is InChI=1S/C16H11BrClNO2/c17-12-3-1-2-11(15(12)18)16(21)10-4-6-13-9(8-10)5-7-14(20)19-13/h1-4,6,8H,5,7H2,(H,19,20). The number of carbonyl (C=O) groups excluding carboxylic acids is 2. The van der Waals surface area contributed by atoms with E-state index >= 15 is 0 Å². The number of halogens is 2. The van der Waals surface area contributed by atoms with Gasteiger partial charge in [-0.15, -0.1) is 0 Å². The van der Waals surface area contributed by atoms with Crippen molar-refractivity contribution in [3.63, 3.8) is 0 Å². The lowest BCUT2D eigenvalue weighted by molar-refractivity contribution is -0.116. The van der Waals surface area contributed by atoms with E-state index < -0.39 is 0 Å². The van der Waals surface area contributed by atoms with E-state index in [0.29, 0.717) is 33.5 Å². The number of rotatable bonds is 2. The molecular formula is C16H11BrClNO2. The summed E-state index contributed by atoms with van der Waals surface area (Å²) in [7, 11) is 0. The first-order valence-corrected chi connectivity index (χ1v) is 7.65. The topological polar surface area (TPSA) is 46.2 Å². The molecule has 0 saturated carbocycles. The second kappa shape index (κ2) is 5.62. The quantitative estimate of drug-likeness (QED) is 0.811. The third-order valence-corrected chi connectivity index (χ3v) is 4.76. The molecule has 0 unspecified atom stereocenters. The minimum absolute atomic E-state index is 0.0108. The summed E-state index contributed by atoms with van der Waals surface area (Å²) in [6, 6.07) is 10.6. The molecule has 0 aliphatic carbocycles.